The molecule has 1 aromatic rings. The Labute approximate surface area is 136 Å². The van der Waals surface area contributed by atoms with Crippen molar-refractivity contribution in [2.75, 3.05) is 33.3 Å². The zero-order valence-electron chi connectivity index (χ0n) is 13.6. The Hall–Kier alpha value is -1.92. The molecule has 2 aliphatic rings. The van der Waals surface area contributed by atoms with Crippen LogP contribution >= 0.6 is 0 Å². The molecule has 2 atom stereocenters. The summed E-state index contributed by atoms with van der Waals surface area (Å²) in [6.07, 6.45) is 0. The molecule has 0 aliphatic carbocycles. The van der Waals surface area contributed by atoms with E-state index in [9.17, 15) is 14.7 Å². The Balaban J connectivity index is 1.74. The van der Waals surface area contributed by atoms with Crippen molar-refractivity contribution < 1.29 is 14.7 Å². The maximum absolute atomic E-state index is 12.5. The van der Waals surface area contributed by atoms with Crippen LogP contribution in [0.1, 0.15) is 11.1 Å². The van der Waals surface area contributed by atoms with E-state index in [0.29, 0.717) is 13.1 Å². The molecule has 0 unspecified atom stereocenters. The molecule has 3 rings (SSSR count). The van der Waals surface area contributed by atoms with Gasteiger partial charge in [-0.15, -0.1) is 0 Å². The van der Waals surface area contributed by atoms with E-state index in [1.807, 2.05) is 12.1 Å². The smallest absolute Gasteiger partial charge is 0.248 e. The van der Waals surface area contributed by atoms with Crippen molar-refractivity contribution in [2.45, 2.75) is 25.6 Å². The Bertz CT molecular complexity index is 619. The third-order valence-corrected chi connectivity index (χ3v) is 4.96. The number of carbonyl (C=O) groups is 2. The lowest BCUT2D eigenvalue weighted by Gasteiger charge is -2.48. The normalized spacial score (nSPS) is 25.7. The Morgan fingerprint density at radius 2 is 1.91 bits per heavy atom. The van der Waals surface area contributed by atoms with Gasteiger partial charge in [0.25, 0.3) is 0 Å². The number of hydrogen-bond donors (Lipinski definition) is 1. The van der Waals surface area contributed by atoms with E-state index in [2.05, 4.69) is 24.0 Å². The average molecular weight is 317 g/mol. The summed E-state index contributed by atoms with van der Waals surface area (Å²) in [7, 11) is 1.60. The molecule has 124 valence electrons. The van der Waals surface area contributed by atoms with Crippen LogP contribution in [0.5, 0.6) is 0 Å². The highest BCUT2D eigenvalue weighted by atomic mass is 16.3. The molecule has 2 amide bonds. The van der Waals surface area contributed by atoms with Crippen LogP contribution in [0.15, 0.2) is 24.3 Å². The average Bonchev–Trinajstić information content (AvgIpc) is 2.55. The fourth-order valence-electron chi connectivity index (χ4n) is 3.43. The van der Waals surface area contributed by atoms with Gasteiger partial charge in [-0.3, -0.25) is 14.5 Å². The van der Waals surface area contributed by atoms with Gasteiger partial charge in [0, 0.05) is 33.2 Å². The van der Waals surface area contributed by atoms with E-state index in [0.717, 1.165) is 13.1 Å². The van der Waals surface area contributed by atoms with Crippen LogP contribution in [-0.4, -0.2) is 77.0 Å². The number of amides is 2. The maximum atomic E-state index is 12.5. The van der Waals surface area contributed by atoms with Crippen molar-refractivity contribution in [3.8, 4) is 0 Å². The number of benzene rings is 1. The van der Waals surface area contributed by atoms with Crippen LogP contribution in [0, 0.1) is 6.92 Å². The van der Waals surface area contributed by atoms with E-state index in [1.165, 1.54) is 16.0 Å². The number of aliphatic hydroxyl groups excluding tert-OH is 1. The predicted molar refractivity (Wildman–Crippen MR) is 85.6 cm³/mol. The topological polar surface area (TPSA) is 64.1 Å². The number of aryl methyl sites for hydroxylation is 1. The van der Waals surface area contributed by atoms with Crippen molar-refractivity contribution >= 4 is 11.8 Å². The van der Waals surface area contributed by atoms with Crippen molar-refractivity contribution in [3.63, 3.8) is 0 Å². The summed E-state index contributed by atoms with van der Waals surface area (Å²) in [6, 6.07) is 7.05. The molecule has 1 N–H and O–H groups in total. The van der Waals surface area contributed by atoms with Crippen molar-refractivity contribution in [3.05, 3.63) is 35.4 Å². The minimum Gasteiger partial charge on any atom is -0.394 e. The number of piperazine rings is 2. The molecule has 6 heteroatoms. The van der Waals surface area contributed by atoms with E-state index in [-0.39, 0.29) is 18.4 Å². The lowest BCUT2D eigenvalue weighted by molar-refractivity contribution is -0.165. The van der Waals surface area contributed by atoms with Gasteiger partial charge in [-0.05, 0) is 18.1 Å². The van der Waals surface area contributed by atoms with Crippen molar-refractivity contribution in [1.82, 2.24) is 14.7 Å². The Morgan fingerprint density at radius 3 is 2.61 bits per heavy atom. The summed E-state index contributed by atoms with van der Waals surface area (Å²) in [5, 5.41) is 9.37. The third-order valence-electron chi connectivity index (χ3n) is 4.96. The van der Waals surface area contributed by atoms with E-state index < -0.39 is 12.1 Å². The van der Waals surface area contributed by atoms with Gasteiger partial charge in [-0.2, -0.15) is 0 Å². The third kappa shape index (κ3) is 2.84. The van der Waals surface area contributed by atoms with Crippen LogP contribution in [-0.2, 0) is 16.1 Å². The second-order valence-electron chi connectivity index (χ2n) is 6.36. The molecule has 0 bridgehead atoms. The first-order valence-electron chi connectivity index (χ1n) is 7.97. The molecule has 2 fully saturated rings. The standard InChI is InChI=1S/C17H23N3O3/c1-12-5-3-4-6-13(12)9-19-7-8-20-14(10-19)16(22)18(2)15(11-21)17(20)23/h3-6,14-15,21H,7-11H2,1-2H3/t14-,15+/m1/s1. The number of nitrogens with zero attached hydrogens (tertiary/aromatic N) is 3. The lowest BCUT2D eigenvalue weighted by atomic mass is 10.0. The van der Waals surface area contributed by atoms with Gasteiger partial charge in [-0.1, -0.05) is 24.3 Å². The van der Waals surface area contributed by atoms with Crippen molar-refractivity contribution in [2.24, 2.45) is 0 Å². The SMILES string of the molecule is Cc1ccccc1CN1CCN2C(=O)[C@H](CO)N(C)C(=O)[C@H]2C1. The maximum Gasteiger partial charge on any atom is 0.248 e. The summed E-state index contributed by atoms with van der Waals surface area (Å²) in [5.74, 6) is -0.228. The van der Waals surface area contributed by atoms with Gasteiger partial charge < -0.3 is 14.9 Å². The summed E-state index contributed by atoms with van der Waals surface area (Å²) in [4.78, 5) is 30.2. The van der Waals surface area contributed by atoms with Crippen LogP contribution < -0.4 is 0 Å². The zero-order chi connectivity index (χ0) is 16.6. The Morgan fingerprint density at radius 1 is 1.17 bits per heavy atom. The van der Waals surface area contributed by atoms with Gasteiger partial charge in [-0.25, -0.2) is 0 Å². The zero-order valence-corrected chi connectivity index (χ0v) is 13.6. The molecule has 23 heavy (non-hydrogen) atoms. The minimum absolute atomic E-state index is 0.0851. The Kier molecular flexibility index (Phi) is 4.37. The molecular weight excluding hydrogens is 294 g/mol. The molecule has 2 saturated heterocycles. The van der Waals surface area contributed by atoms with Gasteiger partial charge in [0.15, 0.2) is 0 Å². The fourth-order valence-corrected chi connectivity index (χ4v) is 3.43. The van der Waals surface area contributed by atoms with Crippen molar-refractivity contribution in [1.29, 1.82) is 0 Å². The first kappa shape index (κ1) is 16.0. The van der Waals surface area contributed by atoms with E-state index in [1.54, 1.807) is 11.9 Å². The van der Waals surface area contributed by atoms with Crippen LogP contribution in [0.25, 0.3) is 0 Å². The van der Waals surface area contributed by atoms with Gasteiger partial charge in [0.1, 0.15) is 12.1 Å². The summed E-state index contributed by atoms with van der Waals surface area (Å²) < 4.78 is 0. The molecule has 0 aromatic heterocycles. The first-order chi connectivity index (χ1) is 11.0. The van der Waals surface area contributed by atoms with Crippen LogP contribution in [0.3, 0.4) is 0 Å². The summed E-state index contributed by atoms with van der Waals surface area (Å²) in [6.45, 7) is 4.36. The number of fused-ring (bicyclic) bond motifs is 1. The molecular formula is C17H23N3O3. The second kappa shape index (κ2) is 6.29. The van der Waals surface area contributed by atoms with Gasteiger partial charge in [0.2, 0.25) is 11.8 Å². The lowest BCUT2D eigenvalue weighted by Crippen LogP contribution is -2.69. The minimum atomic E-state index is -0.735. The highest BCUT2D eigenvalue weighted by Gasteiger charge is 2.46. The van der Waals surface area contributed by atoms with E-state index >= 15 is 0 Å². The van der Waals surface area contributed by atoms with Crippen LogP contribution in [0.2, 0.25) is 0 Å². The van der Waals surface area contributed by atoms with Gasteiger partial charge in [0.05, 0.1) is 6.61 Å². The summed E-state index contributed by atoms with van der Waals surface area (Å²) >= 11 is 0. The second-order valence-corrected chi connectivity index (χ2v) is 6.36. The number of rotatable bonds is 3. The monoisotopic (exact) mass is 317 g/mol. The predicted octanol–water partition coefficient (Wildman–Crippen LogP) is -0.159. The highest BCUT2D eigenvalue weighted by molar-refractivity contribution is 5.97. The molecule has 0 spiro atoms. The molecule has 2 heterocycles. The molecule has 6 nitrogen and oxygen atoms in total. The molecule has 0 radical (unpaired) electrons. The highest BCUT2D eigenvalue weighted by Crippen LogP contribution is 2.22. The van der Waals surface area contributed by atoms with Crippen LogP contribution in [0.4, 0.5) is 0 Å². The quantitative estimate of drug-likeness (QED) is 0.841. The molecule has 1 aromatic carbocycles. The number of hydrogen-bond acceptors (Lipinski definition) is 4. The number of likely N-dealkylation sites (N-methyl/N-ethyl adjacent to an activating group) is 1. The largest absolute Gasteiger partial charge is 0.394 e. The molecule has 2 aliphatic heterocycles. The summed E-state index contributed by atoms with van der Waals surface area (Å²) in [5.41, 5.74) is 2.48. The number of aliphatic hydroxyl groups is 1. The van der Waals surface area contributed by atoms with E-state index in [4.69, 9.17) is 0 Å². The van der Waals surface area contributed by atoms with Gasteiger partial charge >= 0.3 is 0 Å². The number of carbonyl (C=O) groups excluding carboxylic acids is 2. The first-order valence-corrected chi connectivity index (χ1v) is 7.97. The fraction of sp³-hybridized carbons (Fsp3) is 0.529. The molecule has 0 saturated carbocycles.